The van der Waals surface area contributed by atoms with Crippen molar-refractivity contribution in [3.63, 3.8) is 0 Å². The number of benzene rings is 1. The molecule has 5 nitrogen and oxygen atoms in total. The monoisotopic (exact) mass is 319 g/mol. The Hall–Kier alpha value is -1.59. The lowest BCUT2D eigenvalue weighted by Crippen LogP contribution is -2.43. The third-order valence-electron chi connectivity index (χ3n) is 4.80. The zero-order chi connectivity index (χ0) is 16.3. The summed E-state index contributed by atoms with van der Waals surface area (Å²) in [6.45, 7) is 4.47. The quantitative estimate of drug-likeness (QED) is 0.919. The largest absolute Gasteiger partial charge is 0.490 e. The number of nitrogens with zero attached hydrogens (tertiary/aromatic N) is 1. The van der Waals surface area contributed by atoms with Crippen molar-refractivity contribution in [1.82, 2.24) is 4.90 Å². The van der Waals surface area contributed by atoms with Crippen molar-refractivity contribution in [3.8, 4) is 5.75 Å². The Balaban J connectivity index is 1.55. The topological polar surface area (TPSA) is 59.0 Å². The molecule has 5 heteroatoms. The van der Waals surface area contributed by atoms with E-state index in [4.69, 9.17) is 9.47 Å². The van der Waals surface area contributed by atoms with Crippen LogP contribution in [0.5, 0.6) is 5.75 Å². The number of aryl methyl sites for hydroxylation is 1. The summed E-state index contributed by atoms with van der Waals surface area (Å²) in [4.78, 5) is 14.3. The molecule has 126 valence electrons. The maximum atomic E-state index is 12.5. The number of aliphatic hydroxyl groups is 1. The fraction of sp³-hybridized carbons (Fsp3) is 0.611. The minimum Gasteiger partial charge on any atom is -0.490 e. The van der Waals surface area contributed by atoms with Gasteiger partial charge >= 0.3 is 0 Å². The maximum Gasteiger partial charge on any atom is 0.225 e. The molecule has 1 amide bonds. The van der Waals surface area contributed by atoms with Gasteiger partial charge in [0.2, 0.25) is 5.91 Å². The number of carbonyl (C=O) groups is 1. The SMILES string of the molecule is Cc1ccccc1OC[C@@]1(O)CCN(C(=O)C2CCOCC2)C1. The first-order valence-corrected chi connectivity index (χ1v) is 8.35. The van der Waals surface area contributed by atoms with E-state index in [9.17, 15) is 9.90 Å². The minimum atomic E-state index is -0.955. The van der Waals surface area contributed by atoms with E-state index in [0.717, 1.165) is 24.2 Å². The van der Waals surface area contributed by atoms with Crippen molar-refractivity contribution >= 4 is 5.91 Å². The molecule has 0 unspecified atom stereocenters. The second-order valence-electron chi connectivity index (χ2n) is 6.67. The van der Waals surface area contributed by atoms with Gasteiger partial charge in [-0.1, -0.05) is 18.2 Å². The average molecular weight is 319 g/mol. The van der Waals surface area contributed by atoms with Gasteiger partial charge in [0, 0.05) is 25.7 Å². The van der Waals surface area contributed by atoms with Crippen LogP contribution in [0, 0.1) is 12.8 Å². The van der Waals surface area contributed by atoms with Gasteiger partial charge in [0.25, 0.3) is 0 Å². The molecule has 3 rings (SSSR count). The predicted molar refractivity (Wildman–Crippen MR) is 86.4 cm³/mol. The molecule has 1 aromatic rings. The molecule has 0 bridgehead atoms. The first-order chi connectivity index (χ1) is 11.1. The van der Waals surface area contributed by atoms with Crippen molar-refractivity contribution in [2.45, 2.75) is 31.8 Å². The summed E-state index contributed by atoms with van der Waals surface area (Å²) >= 11 is 0. The van der Waals surface area contributed by atoms with E-state index in [1.54, 1.807) is 4.90 Å². The van der Waals surface area contributed by atoms with Gasteiger partial charge in [0.15, 0.2) is 0 Å². The normalized spacial score (nSPS) is 25.6. The number of hydrogen-bond donors (Lipinski definition) is 1. The smallest absolute Gasteiger partial charge is 0.225 e. The summed E-state index contributed by atoms with van der Waals surface area (Å²) in [7, 11) is 0. The molecule has 0 spiro atoms. The lowest BCUT2D eigenvalue weighted by molar-refractivity contribution is -0.138. The summed E-state index contributed by atoms with van der Waals surface area (Å²) in [6, 6.07) is 7.76. The first-order valence-electron chi connectivity index (χ1n) is 8.35. The van der Waals surface area contributed by atoms with E-state index in [1.807, 2.05) is 31.2 Å². The molecular weight excluding hydrogens is 294 g/mol. The van der Waals surface area contributed by atoms with E-state index in [1.165, 1.54) is 0 Å². The van der Waals surface area contributed by atoms with E-state index in [2.05, 4.69) is 0 Å². The average Bonchev–Trinajstić information content (AvgIpc) is 2.97. The van der Waals surface area contributed by atoms with Gasteiger partial charge in [-0.15, -0.1) is 0 Å². The Morgan fingerprint density at radius 1 is 1.39 bits per heavy atom. The van der Waals surface area contributed by atoms with Crippen LogP contribution < -0.4 is 4.74 Å². The highest BCUT2D eigenvalue weighted by atomic mass is 16.5. The van der Waals surface area contributed by atoms with Gasteiger partial charge < -0.3 is 19.5 Å². The summed E-state index contributed by atoms with van der Waals surface area (Å²) < 4.78 is 11.1. The number of carbonyl (C=O) groups excluding carboxylic acids is 1. The summed E-state index contributed by atoms with van der Waals surface area (Å²) in [5.74, 6) is 0.985. The molecule has 2 saturated heterocycles. The maximum absolute atomic E-state index is 12.5. The van der Waals surface area contributed by atoms with Crippen LogP contribution in [0.2, 0.25) is 0 Å². The van der Waals surface area contributed by atoms with Crippen molar-refractivity contribution in [3.05, 3.63) is 29.8 Å². The minimum absolute atomic E-state index is 0.0448. The van der Waals surface area contributed by atoms with Crippen LogP contribution in [-0.2, 0) is 9.53 Å². The fourth-order valence-electron chi connectivity index (χ4n) is 3.30. The van der Waals surface area contributed by atoms with Crippen LogP contribution in [0.15, 0.2) is 24.3 Å². The van der Waals surface area contributed by atoms with Crippen LogP contribution >= 0.6 is 0 Å². The molecule has 23 heavy (non-hydrogen) atoms. The fourth-order valence-corrected chi connectivity index (χ4v) is 3.30. The van der Waals surface area contributed by atoms with E-state index >= 15 is 0 Å². The third-order valence-corrected chi connectivity index (χ3v) is 4.80. The number of rotatable bonds is 4. The second kappa shape index (κ2) is 6.89. The first kappa shape index (κ1) is 16.3. The second-order valence-corrected chi connectivity index (χ2v) is 6.67. The highest BCUT2D eigenvalue weighted by Gasteiger charge is 2.40. The predicted octanol–water partition coefficient (Wildman–Crippen LogP) is 1.76. The molecule has 2 aliphatic rings. The molecule has 0 aliphatic carbocycles. The highest BCUT2D eigenvalue weighted by Crippen LogP contribution is 2.27. The number of β-amino-alcohol motifs (C(OH)–C–C–N with tert-alkyl or cyclic N) is 1. The lowest BCUT2D eigenvalue weighted by atomic mass is 9.99. The standard InChI is InChI=1S/C18H25NO4/c1-14-4-2-3-5-16(14)23-13-18(21)8-9-19(12-18)17(20)15-6-10-22-11-7-15/h2-5,15,21H,6-13H2,1H3/t18-/m1/s1. The van der Waals surface area contributed by atoms with Crippen LogP contribution in [0.3, 0.4) is 0 Å². The lowest BCUT2D eigenvalue weighted by Gasteiger charge is -2.28. The molecule has 0 radical (unpaired) electrons. The molecule has 2 heterocycles. The third kappa shape index (κ3) is 3.85. The van der Waals surface area contributed by atoms with Crippen LogP contribution in [0.4, 0.5) is 0 Å². The van der Waals surface area contributed by atoms with E-state index in [-0.39, 0.29) is 18.4 Å². The van der Waals surface area contributed by atoms with Gasteiger partial charge in [0.1, 0.15) is 18.0 Å². The molecular formula is C18H25NO4. The summed E-state index contributed by atoms with van der Waals surface area (Å²) in [5.41, 5.74) is 0.0903. The molecule has 1 aromatic carbocycles. The molecule has 1 N–H and O–H groups in total. The Kier molecular flexibility index (Phi) is 4.87. The Bertz CT molecular complexity index is 556. The Morgan fingerprint density at radius 2 is 2.13 bits per heavy atom. The highest BCUT2D eigenvalue weighted by molar-refractivity contribution is 5.79. The van der Waals surface area contributed by atoms with Gasteiger partial charge in [-0.3, -0.25) is 4.79 Å². The number of ether oxygens (including phenoxy) is 2. The number of para-hydroxylation sites is 1. The van der Waals surface area contributed by atoms with E-state index < -0.39 is 5.60 Å². The van der Waals surface area contributed by atoms with Crippen molar-refractivity contribution in [2.24, 2.45) is 5.92 Å². The molecule has 2 aliphatic heterocycles. The number of hydrogen-bond acceptors (Lipinski definition) is 4. The van der Waals surface area contributed by atoms with Crippen LogP contribution in [0.1, 0.15) is 24.8 Å². The van der Waals surface area contributed by atoms with Gasteiger partial charge in [-0.25, -0.2) is 0 Å². The summed E-state index contributed by atoms with van der Waals surface area (Å²) in [6.07, 6.45) is 2.13. The van der Waals surface area contributed by atoms with Crippen molar-refractivity contribution in [1.29, 1.82) is 0 Å². The zero-order valence-corrected chi connectivity index (χ0v) is 13.7. The van der Waals surface area contributed by atoms with Gasteiger partial charge in [-0.2, -0.15) is 0 Å². The summed E-state index contributed by atoms with van der Waals surface area (Å²) in [5, 5.41) is 10.7. The Morgan fingerprint density at radius 3 is 2.87 bits per heavy atom. The van der Waals surface area contributed by atoms with Gasteiger partial charge in [0.05, 0.1) is 6.54 Å². The van der Waals surface area contributed by atoms with Crippen LogP contribution in [0.25, 0.3) is 0 Å². The Labute approximate surface area is 137 Å². The van der Waals surface area contributed by atoms with Crippen LogP contribution in [-0.4, -0.2) is 54.4 Å². The molecule has 1 atom stereocenters. The van der Waals surface area contributed by atoms with Crippen molar-refractivity contribution in [2.75, 3.05) is 32.9 Å². The molecule has 2 fully saturated rings. The number of amides is 1. The molecule has 0 aromatic heterocycles. The zero-order valence-electron chi connectivity index (χ0n) is 13.7. The molecule has 0 saturated carbocycles. The van der Waals surface area contributed by atoms with Gasteiger partial charge in [-0.05, 0) is 37.8 Å². The van der Waals surface area contributed by atoms with Crippen molar-refractivity contribution < 1.29 is 19.4 Å². The van der Waals surface area contributed by atoms with E-state index in [0.29, 0.717) is 32.7 Å². The number of likely N-dealkylation sites (tertiary alicyclic amines) is 1.